The number of aliphatic hydroxyl groups excluding tert-OH is 1. The van der Waals surface area contributed by atoms with Gasteiger partial charge in [-0.1, -0.05) is 0 Å². The summed E-state index contributed by atoms with van der Waals surface area (Å²) < 4.78 is 5.47. The minimum absolute atomic E-state index is 0.177. The van der Waals surface area contributed by atoms with Gasteiger partial charge in [-0.15, -0.1) is 0 Å². The quantitative estimate of drug-likeness (QED) is 0.832. The van der Waals surface area contributed by atoms with Crippen molar-refractivity contribution in [3.8, 4) is 0 Å². The lowest BCUT2D eigenvalue weighted by Crippen LogP contribution is -2.41. The van der Waals surface area contributed by atoms with Crippen molar-refractivity contribution in [3.63, 3.8) is 0 Å². The third-order valence-corrected chi connectivity index (χ3v) is 2.54. The number of ether oxygens (including phenoxy) is 1. The van der Waals surface area contributed by atoms with Crippen LogP contribution in [-0.2, 0) is 4.74 Å². The van der Waals surface area contributed by atoms with Gasteiger partial charge in [0.1, 0.15) is 5.69 Å². The van der Waals surface area contributed by atoms with Gasteiger partial charge in [0.25, 0.3) is 5.91 Å². The molecule has 0 saturated carbocycles. The Morgan fingerprint density at radius 1 is 1.75 bits per heavy atom. The molecule has 1 heterocycles. The van der Waals surface area contributed by atoms with Crippen molar-refractivity contribution in [1.82, 2.24) is 10.3 Å². The van der Waals surface area contributed by atoms with Crippen LogP contribution < -0.4 is 5.32 Å². The van der Waals surface area contributed by atoms with Crippen molar-refractivity contribution in [2.75, 3.05) is 20.3 Å². The highest BCUT2D eigenvalue weighted by Crippen LogP contribution is 2.12. The number of carbonyl (C=O) groups is 1. The first-order valence-electron chi connectivity index (χ1n) is 4.70. The zero-order valence-electron chi connectivity index (χ0n) is 8.81. The highest BCUT2D eigenvalue weighted by atomic mass is 79.9. The van der Waals surface area contributed by atoms with Gasteiger partial charge < -0.3 is 15.2 Å². The average molecular weight is 289 g/mol. The van der Waals surface area contributed by atoms with E-state index in [1.54, 1.807) is 12.1 Å². The number of rotatable bonds is 5. The molecule has 16 heavy (non-hydrogen) atoms. The number of aliphatic hydroxyl groups is 1. The highest BCUT2D eigenvalue weighted by Gasteiger charge is 2.15. The monoisotopic (exact) mass is 288 g/mol. The second-order valence-corrected chi connectivity index (χ2v) is 4.00. The Hall–Kier alpha value is -0.980. The summed E-state index contributed by atoms with van der Waals surface area (Å²) in [6.07, 6.45) is 1.53. The maximum Gasteiger partial charge on any atom is 0.271 e. The molecule has 5 nitrogen and oxygen atoms in total. The van der Waals surface area contributed by atoms with E-state index in [1.165, 1.54) is 13.3 Å². The topological polar surface area (TPSA) is 71.5 Å². The zero-order valence-corrected chi connectivity index (χ0v) is 10.4. The Balaban J connectivity index is 2.68. The van der Waals surface area contributed by atoms with Crippen LogP contribution in [-0.4, -0.2) is 42.4 Å². The number of nitrogens with one attached hydrogen (secondary N) is 1. The van der Waals surface area contributed by atoms with Crippen LogP contribution in [0.4, 0.5) is 0 Å². The van der Waals surface area contributed by atoms with E-state index >= 15 is 0 Å². The molecule has 0 aliphatic heterocycles. The lowest BCUT2D eigenvalue weighted by atomic mass is 10.3. The smallest absolute Gasteiger partial charge is 0.271 e. The standard InChI is InChI=1S/C10H13BrN2O3/c1-16-6-7(5-14)13-10(15)9-8(11)3-2-4-12-9/h2-4,7,14H,5-6H2,1H3,(H,13,15). The molecule has 0 radical (unpaired) electrons. The van der Waals surface area contributed by atoms with Gasteiger partial charge in [0.05, 0.1) is 19.3 Å². The van der Waals surface area contributed by atoms with Gasteiger partial charge in [0.2, 0.25) is 0 Å². The van der Waals surface area contributed by atoms with Crippen molar-refractivity contribution >= 4 is 21.8 Å². The van der Waals surface area contributed by atoms with E-state index < -0.39 is 6.04 Å². The van der Waals surface area contributed by atoms with Gasteiger partial charge in [0.15, 0.2) is 0 Å². The minimum Gasteiger partial charge on any atom is -0.394 e. The van der Waals surface area contributed by atoms with Crippen LogP contribution in [0.2, 0.25) is 0 Å². The van der Waals surface area contributed by atoms with E-state index in [4.69, 9.17) is 9.84 Å². The van der Waals surface area contributed by atoms with Crippen molar-refractivity contribution in [2.45, 2.75) is 6.04 Å². The van der Waals surface area contributed by atoms with Crippen molar-refractivity contribution in [1.29, 1.82) is 0 Å². The number of halogens is 1. The molecule has 2 N–H and O–H groups in total. The molecule has 0 bridgehead atoms. The fourth-order valence-corrected chi connectivity index (χ4v) is 1.58. The first-order valence-corrected chi connectivity index (χ1v) is 5.49. The Morgan fingerprint density at radius 2 is 2.50 bits per heavy atom. The number of methoxy groups -OCH3 is 1. The van der Waals surface area contributed by atoms with Gasteiger partial charge >= 0.3 is 0 Å². The number of aromatic nitrogens is 1. The van der Waals surface area contributed by atoms with Crippen LogP contribution in [0.5, 0.6) is 0 Å². The van der Waals surface area contributed by atoms with E-state index in [9.17, 15) is 4.79 Å². The molecule has 1 aromatic heterocycles. The molecule has 0 saturated heterocycles. The Kier molecular flexibility index (Phi) is 5.37. The van der Waals surface area contributed by atoms with E-state index in [1.807, 2.05) is 0 Å². The zero-order chi connectivity index (χ0) is 12.0. The second kappa shape index (κ2) is 6.57. The summed E-state index contributed by atoms with van der Waals surface area (Å²) in [5.41, 5.74) is 0.289. The van der Waals surface area contributed by atoms with Gasteiger partial charge in [-0.3, -0.25) is 4.79 Å². The van der Waals surface area contributed by atoms with Crippen LogP contribution in [0.3, 0.4) is 0 Å². The van der Waals surface area contributed by atoms with Crippen LogP contribution in [0.25, 0.3) is 0 Å². The average Bonchev–Trinajstić information content (AvgIpc) is 2.28. The van der Waals surface area contributed by atoms with Gasteiger partial charge in [-0.05, 0) is 28.1 Å². The summed E-state index contributed by atoms with van der Waals surface area (Å²) in [6.45, 7) is 0.0801. The number of amides is 1. The normalized spacial score (nSPS) is 12.2. The summed E-state index contributed by atoms with van der Waals surface area (Å²) in [7, 11) is 1.51. The summed E-state index contributed by atoms with van der Waals surface area (Å²) in [5, 5.41) is 11.6. The number of nitrogens with zero attached hydrogens (tertiary/aromatic N) is 1. The molecular weight excluding hydrogens is 276 g/mol. The maximum absolute atomic E-state index is 11.7. The Labute approximate surface area is 102 Å². The molecule has 0 aromatic carbocycles. The number of carbonyl (C=O) groups excluding carboxylic acids is 1. The summed E-state index contributed by atoms with van der Waals surface area (Å²) >= 11 is 3.23. The van der Waals surface area contributed by atoms with Crippen LogP contribution in [0.1, 0.15) is 10.5 Å². The van der Waals surface area contributed by atoms with Crippen LogP contribution in [0, 0.1) is 0 Å². The lowest BCUT2D eigenvalue weighted by Gasteiger charge is -2.15. The van der Waals surface area contributed by atoms with Crippen molar-refractivity contribution < 1.29 is 14.6 Å². The highest BCUT2D eigenvalue weighted by molar-refractivity contribution is 9.10. The molecule has 88 valence electrons. The summed E-state index contributed by atoms with van der Waals surface area (Å²) in [4.78, 5) is 15.7. The predicted octanol–water partition coefficient (Wildman–Crippen LogP) is 0.581. The van der Waals surface area contributed by atoms with Crippen LogP contribution >= 0.6 is 15.9 Å². The SMILES string of the molecule is COCC(CO)NC(=O)c1ncccc1Br. The van der Waals surface area contributed by atoms with E-state index in [0.717, 1.165) is 0 Å². The molecule has 1 atom stereocenters. The number of hydrogen-bond acceptors (Lipinski definition) is 4. The summed E-state index contributed by atoms with van der Waals surface area (Å²) in [6, 6.07) is 3.03. The molecule has 0 fully saturated rings. The molecule has 6 heteroatoms. The molecule has 0 spiro atoms. The molecular formula is C10H13BrN2O3. The molecule has 0 aliphatic carbocycles. The largest absolute Gasteiger partial charge is 0.394 e. The first kappa shape index (κ1) is 13.1. The first-order chi connectivity index (χ1) is 7.69. The van der Waals surface area contributed by atoms with Gasteiger partial charge in [0, 0.05) is 17.8 Å². The lowest BCUT2D eigenvalue weighted by molar-refractivity contribution is 0.0834. The van der Waals surface area contributed by atoms with E-state index in [2.05, 4.69) is 26.2 Å². The Morgan fingerprint density at radius 3 is 3.06 bits per heavy atom. The van der Waals surface area contributed by atoms with E-state index in [-0.39, 0.29) is 24.8 Å². The summed E-state index contributed by atoms with van der Waals surface area (Å²) in [5.74, 6) is -0.344. The van der Waals surface area contributed by atoms with Crippen molar-refractivity contribution in [3.05, 3.63) is 28.5 Å². The van der Waals surface area contributed by atoms with E-state index in [0.29, 0.717) is 4.47 Å². The third kappa shape index (κ3) is 3.55. The van der Waals surface area contributed by atoms with Gasteiger partial charge in [-0.2, -0.15) is 0 Å². The fraction of sp³-hybridized carbons (Fsp3) is 0.400. The number of pyridine rings is 1. The third-order valence-electron chi connectivity index (χ3n) is 1.90. The van der Waals surface area contributed by atoms with Crippen LogP contribution in [0.15, 0.2) is 22.8 Å². The maximum atomic E-state index is 11.7. The number of hydrogen-bond donors (Lipinski definition) is 2. The van der Waals surface area contributed by atoms with Gasteiger partial charge in [-0.25, -0.2) is 4.98 Å². The van der Waals surface area contributed by atoms with Crippen molar-refractivity contribution in [2.24, 2.45) is 0 Å². The predicted molar refractivity (Wildman–Crippen MR) is 62.2 cm³/mol. The molecule has 1 unspecified atom stereocenters. The Bertz CT molecular complexity index is 360. The minimum atomic E-state index is -0.425. The molecule has 1 rings (SSSR count). The molecule has 1 aromatic rings. The fourth-order valence-electron chi connectivity index (χ4n) is 1.15. The molecule has 1 amide bonds. The molecule has 0 aliphatic rings. The second-order valence-electron chi connectivity index (χ2n) is 3.14.